The van der Waals surface area contributed by atoms with Gasteiger partial charge in [0.05, 0.1) is 6.54 Å². The first kappa shape index (κ1) is 16.0. The molecule has 0 spiro atoms. The minimum absolute atomic E-state index is 0.0837. The van der Waals surface area contributed by atoms with Crippen LogP contribution >= 0.6 is 0 Å². The van der Waals surface area contributed by atoms with Crippen molar-refractivity contribution in [1.29, 1.82) is 0 Å². The van der Waals surface area contributed by atoms with Gasteiger partial charge in [0.1, 0.15) is 0 Å². The Morgan fingerprint density at radius 1 is 1.38 bits per heavy atom. The van der Waals surface area contributed by atoms with E-state index < -0.39 is 0 Å². The number of amides is 1. The first-order valence-electron chi connectivity index (χ1n) is 8.00. The minimum Gasteiger partial charge on any atom is -0.325 e. The average molecular weight is 289 g/mol. The normalized spacial score (nSPS) is 19.4. The molecule has 0 radical (unpaired) electrons. The van der Waals surface area contributed by atoms with Crippen molar-refractivity contribution in [3.8, 4) is 0 Å². The predicted molar refractivity (Wildman–Crippen MR) is 87.6 cm³/mol. The molecule has 0 aliphatic carbocycles. The van der Waals surface area contributed by atoms with Gasteiger partial charge >= 0.3 is 0 Å². The maximum atomic E-state index is 12.2. The second-order valence-electron chi connectivity index (χ2n) is 5.89. The Morgan fingerprint density at radius 2 is 2.19 bits per heavy atom. The summed E-state index contributed by atoms with van der Waals surface area (Å²) >= 11 is 0. The number of piperidine rings is 1. The van der Waals surface area contributed by atoms with E-state index in [0.29, 0.717) is 12.6 Å². The van der Waals surface area contributed by atoms with Gasteiger partial charge in [-0.3, -0.25) is 9.69 Å². The zero-order valence-electron chi connectivity index (χ0n) is 13.2. The average Bonchev–Trinajstić information content (AvgIpc) is 2.48. The SMILES string of the molecule is CCCNC1CCCN(CC(=O)Nc2ccccc2C)C1. The minimum atomic E-state index is 0.0837. The number of carbonyl (C=O) groups excluding carboxylic acids is 1. The molecule has 4 nitrogen and oxygen atoms in total. The van der Waals surface area contributed by atoms with Crippen LogP contribution in [-0.2, 0) is 4.79 Å². The predicted octanol–water partition coefficient (Wildman–Crippen LogP) is 2.40. The number of anilines is 1. The van der Waals surface area contributed by atoms with E-state index in [-0.39, 0.29) is 5.91 Å². The number of para-hydroxylation sites is 1. The molecule has 0 saturated carbocycles. The first-order chi connectivity index (χ1) is 10.2. The van der Waals surface area contributed by atoms with Crippen LogP contribution in [0.25, 0.3) is 0 Å². The Hall–Kier alpha value is -1.39. The lowest BCUT2D eigenvalue weighted by atomic mass is 10.1. The quantitative estimate of drug-likeness (QED) is 0.845. The molecule has 116 valence electrons. The van der Waals surface area contributed by atoms with E-state index in [9.17, 15) is 4.79 Å². The number of nitrogens with zero attached hydrogens (tertiary/aromatic N) is 1. The highest BCUT2D eigenvalue weighted by Crippen LogP contribution is 2.14. The summed E-state index contributed by atoms with van der Waals surface area (Å²) in [6.07, 6.45) is 3.54. The Kier molecular flexibility index (Phi) is 6.21. The van der Waals surface area contributed by atoms with Crippen LogP contribution in [-0.4, -0.2) is 43.0 Å². The summed E-state index contributed by atoms with van der Waals surface area (Å²) in [7, 11) is 0. The zero-order chi connectivity index (χ0) is 15.1. The first-order valence-corrected chi connectivity index (χ1v) is 8.00. The molecule has 1 amide bonds. The monoisotopic (exact) mass is 289 g/mol. The number of likely N-dealkylation sites (tertiary alicyclic amines) is 1. The largest absolute Gasteiger partial charge is 0.325 e. The molecule has 1 unspecified atom stereocenters. The Morgan fingerprint density at radius 3 is 2.95 bits per heavy atom. The fourth-order valence-corrected chi connectivity index (χ4v) is 2.82. The number of aryl methyl sites for hydroxylation is 1. The summed E-state index contributed by atoms with van der Waals surface area (Å²) in [6.45, 7) is 7.74. The summed E-state index contributed by atoms with van der Waals surface area (Å²) < 4.78 is 0. The molecule has 2 N–H and O–H groups in total. The van der Waals surface area contributed by atoms with Crippen molar-refractivity contribution in [2.24, 2.45) is 0 Å². The van der Waals surface area contributed by atoms with E-state index >= 15 is 0 Å². The molecule has 4 heteroatoms. The molecule has 0 aromatic heterocycles. The van der Waals surface area contributed by atoms with Gasteiger partial charge in [-0.15, -0.1) is 0 Å². The van der Waals surface area contributed by atoms with E-state index in [4.69, 9.17) is 0 Å². The molecule has 1 atom stereocenters. The molecular weight excluding hydrogens is 262 g/mol. The van der Waals surface area contributed by atoms with Crippen molar-refractivity contribution in [2.75, 3.05) is 31.5 Å². The van der Waals surface area contributed by atoms with Crippen molar-refractivity contribution in [1.82, 2.24) is 10.2 Å². The third-order valence-electron chi connectivity index (χ3n) is 3.97. The van der Waals surface area contributed by atoms with Gasteiger partial charge in [-0.05, 0) is 50.9 Å². The molecule has 0 bridgehead atoms. The number of benzene rings is 1. The molecule has 1 saturated heterocycles. The summed E-state index contributed by atoms with van der Waals surface area (Å²) in [6, 6.07) is 8.44. The lowest BCUT2D eigenvalue weighted by Gasteiger charge is -2.32. The topological polar surface area (TPSA) is 44.4 Å². The fourth-order valence-electron chi connectivity index (χ4n) is 2.82. The Labute approximate surface area is 127 Å². The van der Waals surface area contributed by atoms with Gasteiger partial charge in [0.25, 0.3) is 0 Å². The van der Waals surface area contributed by atoms with Gasteiger partial charge in [-0.1, -0.05) is 25.1 Å². The number of rotatable bonds is 6. The third-order valence-corrected chi connectivity index (χ3v) is 3.97. The second kappa shape index (κ2) is 8.15. The Balaban J connectivity index is 1.81. The highest BCUT2D eigenvalue weighted by molar-refractivity contribution is 5.92. The highest BCUT2D eigenvalue weighted by atomic mass is 16.2. The second-order valence-corrected chi connectivity index (χ2v) is 5.89. The van der Waals surface area contributed by atoms with Gasteiger partial charge in [-0.2, -0.15) is 0 Å². The van der Waals surface area contributed by atoms with Crippen LogP contribution < -0.4 is 10.6 Å². The molecular formula is C17H27N3O. The van der Waals surface area contributed by atoms with Crippen molar-refractivity contribution in [2.45, 2.75) is 39.2 Å². The number of hydrogen-bond acceptors (Lipinski definition) is 3. The van der Waals surface area contributed by atoms with Crippen LogP contribution in [0.15, 0.2) is 24.3 Å². The highest BCUT2D eigenvalue weighted by Gasteiger charge is 2.21. The summed E-state index contributed by atoms with van der Waals surface area (Å²) in [5.74, 6) is 0.0837. The van der Waals surface area contributed by atoms with Crippen molar-refractivity contribution < 1.29 is 4.79 Å². The maximum Gasteiger partial charge on any atom is 0.238 e. The molecule has 2 rings (SSSR count). The van der Waals surface area contributed by atoms with Gasteiger partial charge < -0.3 is 10.6 Å². The molecule has 1 heterocycles. The van der Waals surface area contributed by atoms with E-state index in [2.05, 4.69) is 22.5 Å². The van der Waals surface area contributed by atoms with Crippen LogP contribution in [0.3, 0.4) is 0 Å². The summed E-state index contributed by atoms with van der Waals surface area (Å²) in [4.78, 5) is 14.4. The van der Waals surface area contributed by atoms with Gasteiger partial charge in [0, 0.05) is 18.3 Å². The van der Waals surface area contributed by atoms with E-state index in [1.54, 1.807) is 0 Å². The molecule has 1 aromatic carbocycles. The van der Waals surface area contributed by atoms with Crippen molar-refractivity contribution in [3.05, 3.63) is 29.8 Å². The van der Waals surface area contributed by atoms with E-state index in [0.717, 1.165) is 37.3 Å². The molecule has 1 fully saturated rings. The van der Waals surface area contributed by atoms with Crippen LogP contribution in [0.2, 0.25) is 0 Å². The molecule has 1 aromatic rings. The lowest BCUT2D eigenvalue weighted by molar-refractivity contribution is -0.117. The van der Waals surface area contributed by atoms with E-state index in [1.165, 1.54) is 12.8 Å². The number of carbonyl (C=O) groups is 1. The summed E-state index contributed by atoms with van der Waals surface area (Å²) in [5, 5.41) is 6.57. The van der Waals surface area contributed by atoms with Crippen molar-refractivity contribution >= 4 is 11.6 Å². The van der Waals surface area contributed by atoms with Crippen LogP contribution in [0, 0.1) is 6.92 Å². The third kappa shape index (κ3) is 5.14. The molecule has 21 heavy (non-hydrogen) atoms. The Bertz CT molecular complexity index is 461. The standard InChI is InChI=1S/C17H27N3O/c1-3-10-18-15-8-6-11-20(12-15)13-17(21)19-16-9-5-4-7-14(16)2/h4-5,7,9,15,18H,3,6,8,10-13H2,1-2H3,(H,19,21). The number of hydrogen-bond donors (Lipinski definition) is 2. The van der Waals surface area contributed by atoms with Crippen LogP contribution in [0.5, 0.6) is 0 Å². The van der Waals surface area contributed by atoms with Crippen LogP contribution in [0.1, 0.15) is 31.7 Å². The molecule has 1 aliphatic heterocycles. The zero-order valence-corrected chi connectivity index (χ0v) is 13.2. The van der Waals surface area contributed by atoms with Gasteiger partial charge in [-0.25, -0.2) is 0 Å². The van der Waals surface area contributed by atoms with Crippen LogP contribution in [0.4, 0.5) is 5.69 Å². The van der Waals surface area contributed by atoms with E-state index in [1.807, 2.05) is 31.2 Å². The lowest BCUT2D eigenvalue weighted by Crippen LogP contribution is -2.48. The maximum absolute atomic E-state index is 12.2. The number of nitrogens with one attached hydrogen (secondary N) is 2. The fraction of sp³-hybridized carbons (Fsp3) is 0.588. The van der Waals surface area contributed by atoms with Gasteiger partial charge in [0.15, 0.2) is 0 Å². The van der Waals surface area contributed by atoms with Crippen molar-refractivity contribution in [3.63, 3.8) is 0 Å². The summed E-state index contributed by atoms with van der Waals surface area (Å²) in [5.41, 5.74) is 2.02. The smallest absolute Gasteiger partial charge is 0.238 e. The van der Waals surface area contributed by atoms with Gasteiger partial charge in [0.2, 0.25) is 5.91 Å². The molecule has 1 aliphatic rings.